The molecule has 16 heavy (non-hydrogen) atoms. The Morgan fingerprint density at radius 2 is 2.38 bits per heavy atom. The molecule has 1 aliphatic rings. The third-order valence-corrected chi connectivity index (χ3v) is 4.84. The van der Waals surface area contributed by atoms with Crippen LogP contribution in [0.4, 0.5) is 0 Å². The number of rotatable bonds is 2. The summed E-state index contributed by atoms with van der Waals surface area (Å²) in [5.74, 6) is 0.632. The summed E-state index contributed by atoms with van der Waals surface area (Å²) in [7, 11) is 0. The molecular weight excluding hydrogens is 236 g/mol. The molecule has 3 rings (SSSR count). The van der Waals surface area contributed by atoms with E-state index in [1.807, 2.05) is 11.3 Å². The number of nitrogens with one attached hydrogen (secondary N) is 1. The second-order valence-corrected chi connectivity index (χ2v) is 5.93. The lowest BCUT2D eigenvalue weighted by Crippen LogP contribution is -2.28. The first-order valence-corrected chi connectivity index (χ1v) is 7.39. The molecule has 0 spiro atoms. The molecule has 0 aliphatic carbocycles. The lowest BCUT2D eigenvalue weighted by atomic mass is 10.0. The van der Waals surface area contributed by atoms with E-state index in [0.29, 0.717) is 5.92 Å². The first-order chi connectivity index (χ1) is 7.93. The zero-order valence-corrected chi connectivity index (χ0v) is 10.6. The molecule has 2 nitrogen and oxygen atoms in total. The van der Waals surface area contributed by atoms with Gasteiger partial charge in [-0.05, 0) is 30.8 Å². The van der Waals surface area contributed by atoms with Crippen LogP contribution in [0.3, 0.4) is 0 Å². The van der Waals surface area contributed by atoms with Crippen LogP contribution in [0.1, 0.15) is 23.8 Å². The van der Waals surface area contributed by atoms with Crippen LogP contribution < -0.4 is 5.32 Å². The fourth-order valence-corrected chi connectivity index (χ4v) is 3.79. The van der Waals surface area contributed by atoms with Crippen LogP contribution in [0.15, 0.2) is 22.9 Å². The van der Waals surface area contributed by atoms with Gasteiger partial charge in [0.1, 0.15) is 0 Å². The Morgan fingerprint density at radius 3 is 3.12 bits per heavy atom. The number of nitrogens with zero attached hydrogens (tertiary/aromatic N) is 1. The minimum atomic E-state index is 0.632. The molecule has 4 heteroatoms. The lowest BCUT2D eigenvalue weighted by molar-refractivity contribution is 0.460. The summed E-state index contributed by atoms with van der Waals surface area (Å²) in [6.07, 6.45) is 2.56. The Labute approximate surface area is 103 Å². The van der Waals surface area contributed by atoms with Crippen molar-refractivity contribution in [2.75, 3.05) is 13.1 Å². The van der Waals surface area contributed by atoms with Gasteiger partial charge < -0.3 is 5.32 Å². The summed E-state index contributed by atoms with van der Waals surface area (Å²) in [6, 6.07) is 4.23. The van der Waals surface area contributed by atoms with Crippen molar-refractivity contribution in [1.82, 2.24) is 10.3 Å². The summed E-state index contributed by atoms with van der Waals surface area (Å²) in [6.45, 7) is 2.26. The second-order valence-electron chi connectivity index (χ2n) is 4.09. The van der Waals surface area contributed by atoms with Crippen LogP contribution in [0, 0.1) is 0 Å². The van der Waals surface area contributed by atoms with E-state index in [4.69, 9.17) is 4.98 Å². The van der Waals surface area contributed by atoms with E-state index in [-0.39, 0.29) is 0 Å². The van der Waals surface area contributed by atoms with E-state index in [1.54, 1.807) is 11.3 Å². The molecule has 2 aromatic rings. The zero-order valence-electron chi connectivity index (χ0n) is 8.98. The smallest absolute Gasteiger partial charge is 0.0976 e. The van der Waals surface area contributed by atoms with E-state index in [1.165, 1.54) is 29.3 Å². The van der Waals surface area contributed by atoms with Gasteiger partial charge in [0.15, 0.2) is 0 Å². The van der Waals surface area contributed by atoms with Crippen molar-refractivity contribution in [2.45, 2.75) is 18.8 Å². The molecule has 2 aromatic heterocycles. The molecule has 0 bridgehead atoms. The maximum Gasteiger partial charge on any atom is 0.0976 e. The Hall–Kier alpha value is -0.710. The number of piperidine rings is 1. The third-order valence-electron chi connectivity index (χ3n) is 2.94. The Morgan fingerprint density at radius 1 is 1.38 bits per heavy atom. The highest BCUT2D eigenvalue weighted by Crippen LogP contribution is 2.31. The summed E-state index contributed by atoms with van der Waals surface area (Å²) in [4.78, 5) is 6.05. The van der Waals surface area contributed by atoms with Crippen molar-refractivity contribution in [1.29, 1.82) is 0 Å². The molecule has 0 aromatic carbocycles. The van der Waals surface area contributed by atoms with Crippen molar-refractivity contribution in [3.8, 4) is 10.6 Å². The maximum atomic E-state index is 4.77. The van der Waals surface area contributed by atoms with Gasteiger partial charge in [0.25, 0.3) is 0 Å². The highest BCUT2D eigenvalue weighted by molar-refractivity contribution is 7.14. The van der Waals surface area contributed by atoms with Gasteiger partial charge in [0.05, 0.1) is 15.6 Å². The molecule has 0 radical (unpaired) electrons. The quantitative estimate of drug-likeness (QED) is 0.884. The summed E-state index contributed by atoms with van der Waals surface area (Å²) in [5.41, 5.74) is 1.15. The SMILES string of the molecule is c1csc(-c2csc([C@@H]3CCCNC3)n2)c1. The molecule has 1 aliphatic heterocycles. The van der Waals surface area contributed by atoms with Crippen molar-refractivity contribution < 1.29 is 0 Å². The lowest BCUT2D eigenvalue weighted by Gasteiger charge is -2.20. The van der Waals surface area contributed by atoms with Gasteiger partial charge in [-0.2, -0.15) is 0 Å². The molecule has 1 saturated heterocycles. The zero-order chi connectivity index (χ0) is 10.8. The molecule has 1 N–H and O–H groups in total. The van der Waals surface area contributed by atoms with Crippen LogP contribution in [-0.2, 0) is 0 Å². The number of hydrogen-bond donors (Lipinski definition) is 1. The van der Waals surface area contributed by atoms with Gasteiger partial charge >= 0.3 is 0 Å². The van der Waals surface area contributed by atoms with Gasteiger partial charge in [-0.1, -0.05) is 6.07 Å². The van der Waals surface area contributed by atoms with Crippen LogP contribution in [0.5, 0.6) is 0 Å². The molecule has 1 atom stereocenters. The minimum absolute atomic E-state index is 0.632. The fraction of sp³-hybridized carbons (Fsp3) is 0.417. The van der Waals surface area contributed by atoms with Crippen molar-refractivity contribution in [3.63, 3.8) is 0 Å². The highest BCUT2D eigenvalue weighted by atomic mass is 32.1. The molecule has 3 heterocycles. The van der Waals surface area contributed by atoms with Crippen LogP contribution >= 0.6 is 22.7 Å². The summed E-state index contributed by atoms with van der Waals surface area (Å²) < 4.78 is 0. The number of thiazole rings is 1. The predicted molar refractivity (Wildman–Crippen MR) is 70.3 cm³/mol. The van der Waals surface area contributed by atoms with Crippen molar-refractivity contribution >= 4 is 22.7 Å². The second kappa shape index (κ2) is 4.65. The normalized spacial score (nSPS) is 21.1. The van der Waals surface area contributed by atoms with E-state index >= 15 is 0 Å². The average molecular weight is 250 g/mol. The van der Waals surface area contributed by atoms with Gasteiger partial charge in [-0.15, -0.1) is 22.7 Å². The molecule has 0 saturated carbocycles. The monoisotopic (exact) mass is 250 g/mol. The molecule has 0 unspecified atom stereocenters. The standard InChI is InChI=1S/C12H14N2S2/c1-3-9(7-13-5-1)12-14-10(8-16-12)11-4-2-6-15-11/h2,4,6,8-9,13H,1,3,5,7H2/t9-/m1/s1. The minimum Gasteiger partial charge on any atom is -0.316 e. The van der Waals surface area contributed by atoms with Crippen molar-refractivity contribution in [3.05, 3.63) is 27.9 Å². The average Bonchev–Trinajstić information content (AvgIpc) is 3.01. The molecule has 0 amide bonds. The molecule has 84 valence electrons. The number of aromatic nitrogens is 1. The van der Waals surface area contributed by atoms with E-state index in [0.717, 1.165) is 12.2 Å². The van der Waals surface area contributed by atoms with Gasteiger partial charge in [0.2, 0.25) is 0 Å². The van der Waals surface area contributed by atoms with E-state index in [9.17, 15) is 0 Å². The van der Waals surface area contributed by atoms with Crippen LogP contribution in [0.2, 0.25) is 0 Å². The predicted octanol–water partition coefficient (Wildman–Crippen LogP) is 3.34. The highest BCUT2D eigenvalue weighted by Gasteiger charge is 2.18. The maximum absolute atomic E-state index is 4.77. The molecule has 1 fully saturated rings. The molecular formula is C12H14N2S2. The van der Waals surface area contributed by atoms with Crippen LogP contribution in [-0.4, -0.2) is 18.1 Å². The van der Waals surface area contributed by atoms with Gasteiger partial charge in [-0.3, -0.25) is 0 Å². The first-order valence-electron chi connectivity index (χ1n) is 5.63. The number of thiophene rings is 1. The number of hydrogen-bond acceptors (Lipinski definition) is 4. The fourth-order valence-electron chi connectivity index (χ4n) is 2.08. The third kappa shape index (κ3) is 2.05. The van der Waals surface area contributed by atoms with Crippen molar-refractivity contribution in [2.24, 2.45) is 0 Å². The summed E-state index contributed by atoms with van der Waals surface area (Å²) >= 11 is 3.57. The Balaban J connectivity index is 1.82. The summed E-state index contributed by atoms with van der Waals surface area (Å²) in [5, 5.41) is 9.05. The van der Waals surface area contributed by atoms with E-state index in [2.05, 4.69) is 28.2 Å². The Kier molecular flexibility index (Phi) is 3.04. The van der Waals surface area contributed by atoms with Crippen LogP contribution in [0.25, 0.3) is 10.6 Å². The van der Waals surface area contributed by atoms with E-state index < -0.39 is 0 Å². The van der Waals surface area contributed by atoms with Gasteiger partial charge in [0, 0.05) is 17.8 Å². The topological polar surface area (TPSA) is 24.9 Å². The van der Waals surface area contributed by atoms with Gasteiger partial charge in [-0.25, -0.2) is 4.98 Å². The largest absolute Gasteiger partial charge is 0.316 e. The first kappa shape index (κ1) is 10.4. The Bertz CT molecular complexity index is 441.